The highest BCUT2D eigenvalue weighted by atomic mass is 16.1. The lowest BCUT2D eigenvalue weighted by atomic mass is 9.83. The zero-order chi connectivity index (χ0) is 19.4. The third-order valence-corrected chi connectivity index (χ3v) is 5.73. The Morgan fingerprint density at radius 3 is 2.62 bits per heavy atom. The highest BCUT2D eigenvalue weighted by Crippen LogP contribution is 2.25. The normalized spacial score (nSPS) is 35.0. The molecule has 2 heterocycles. The van der Waals surface area contributed by atoms with Gasteiger partial charge in [0.25, 0.3) is 0 Å². The summed E-state index contributed by atoms with van der Waals surface area (Å²) in [6.07, 6.45) is 7.94. The summed E-state index contributed by atoms with van der Waals surface area (Å²) in [5, 5.41) is 6.91. The van der Waals surface area contributed by atoms with Gasteiger partial charge in [-0.1, -0.05) is 26.0 Å². The van der Waals surface area contributed by atoms with E-state index in [0.717, 1.165) is 45.3 Å². The van der Waals surface area contributed by atoms with Gasteiger partial charge in [0.15, 0.2) is 11.6 Å². The molecule has 3 atom stereocenters. The molecule has 5 heteroatoms. The van der Waals surface area contributed by atoms with Crippen molar-refractivity contribution in [3.8, 4) is 0 Å². The first-order valence-electron chi connectivity index (χ1n) is 10.2. The van der Waals surface area contributed by atoms with Crippen molar-refractivity contribution in [1.29, 1.82) is 0 Å². The topological polar surface area (TPSA) is 61.4 Å². The lowest BCUT2D eigenvalue weighted by Crippen LogP contribution is -2.61. The van der Waals surface area contributed by atoms with Gasteiger partial charge >= 0.3 is 0 Å². The maximum atomic E-state index is 13.2. The molecule has 2 bridgehead atoms. The van der Waals surface area contributed by atoms with E-state index < -0.39 is 11.1 Å². The van der Waals surface area contributed by atoms with Gasteiger partial charge in [-0.3, -0.25) is 19.8 Å². The van der Waals surface area contributed by atoms with Gasteiger partial charge in [0, 0.05) is 31.6 Å². The van der Waals surface area contributed by atoms with Crippen molar-refractivity contribution in [2.75, 3.05) is 26.2 Å². The van der Waals surface area contributed by atoms with Crippen LogP contribution in [0.2, 0.25) is 0 Å². The van der Waals surface area contributed by atoms with Gasteiger partial charge in [0.05, 0.1) is 17.6 Å². The van der Waals surface area contributed by atoms with Crippen molar-refractivity contribution in [3.05, 3.63) is 12.2 Å². The van der Waals surface area contributed by atoms with Gasteiger partial charge in [0.1, 0.15) is 0 Å². The zero-order valence-corrected chi connectivity index (χ0v) is 17.2. The molecule has 0 spiro atoms. The number of hydrogen-bond donors (Lipinski definition) is 2. The number of allylic oxidation sites excluding steroid dienone is 1. The molecule has 2 rings (SSSR count). The van der Waals surface area contributed by atoms with E-state index in [2.05, 4.69) is 41.5 Å². The Labute approximate surface area is 159 Å². The molecule has 2 aliphatic rings. The molecule has 0 aliphatic carbocycles. The van der Waals surface area contributed by atoms with Crippen LogP contribution < -0.4 is 10.6 Å². The Morgan fingerprint density at radius 1 is 1.23 bits per heavy atom. The summed E-state index contributed by atoms with van der Waals surface area (Å²) in [6.45, 7) is 12.8. The minimum atomic E-state index is -0.636. The molecular weight excluding hydrogens is 326 g/mol. The summed E-state index contributed by atoms with van der Waals surface area (Å²) in [6, 6.07) is 0.244. The number of carbonyl (C=O) groups is 2. The summed E-state index contributed by atoms with van der Waals surface area (Å²) < 4.78 is 0. The van der Waals surface area contributed by atoms with Crippen LogP contribution in [0.1, 0.15) is 60.3 Å². The Hall–Kier alpha value is -1.04. The first kappa shape index (κ1) is 21.3. The van der Waals surface area contributed by atoms with E-state index in [9.17, 15) is 9.59 Å². The molecule has 1 saturated heterocycles. The Bertz CT molecular complexity index is 543. The van der Waals surface area contributed by atoms with Crippen molar-refractivity contribution in [2.45, 2.75) is 77.4 Å². The minimum absolute atomic E-state index is 0.0430. The number of ketones is 2. The summed E-state index contributed by atoms with van der Waals surface area (Å²) in [5.41, 5.74) is -1.14. The van der Waals surface area contributed by atoms with Gasteiger partial charge in [0.2, 0.25) is 0 Å². The Morgan fingerprint density at radius 2 is 1.96 bits per heavy atom. The maximum Gasteiger partial charge on any atom is 0.167 e. The molecule has 0 radical (unpaired) electrons. The summed E-state index contributed by atoms with van der Waals surface area (Å²) >= 11 is 0. The third kappa shape index (κ3) is 5.02. The van der Waals surface area contributed by atoms with Gasteiger partial charge in [-0.2, -0.15) is 0 Å². The van der Waals surface area contributed by atoms with Gasteiger partial charge in [-0.05, 0) is 46.5 Å². The van der Waals surface area contributed by atoms with E-state index in [1.807, 2.05) is 20.8 Å². The molecule has 2 N–H and O–H groups in total. The number of Topliss-reactive ketones (excluding diaryl/α,β-unsaturated/α-hetero) is 2. The summed E-state index contributed by atoms with van der Waals surface area (Å²) in [5.74, 6) is 0.335. The van der Waals surface area contributed by atoms with E-state index in [1.165, 1.54) is 0 Å². The minimum Gasteiger partial charge on any atom is -0.302 e. The van der Waals surface area contributed by atoms with E-state index in [4.69, 9.17) is 0 Å². The van der Waals surface area contributed by atoms with E-state index >= 15 is 0 Å². The Balaban J connectivity index is 2.25. The fourth-order valence-corrected chi connectivity index (χ4v) is 4.32. The molecule has 148 valence electrons. The lowest BCUT2D eigenvalue weighted by Gasteiger charge is -2.35. The maximum absolute atomic E-state index is 13.2. The highest BCUT2D eigenvalue weighted by molar-refractivity contribution is 5.93. The van der Waals surface area contributed by atoms with Crippen LogP contribution in [0.5, 0.6) is 0 Å². The van der Waals surface area contributed by atoms with Crippen molar-refractivity contribution in [2.24, 2.45) is 5.92 Å². The van der Waals surface area contributed by atoms with Crippen molar-refractivity contribution in [1.82, 2.24) is 15.5 Å². The van der Waals surface area contributed by atoms with Crippen LogP contribution in [0, 0.1) is 5.92 Å². The molecule has 0 aromatic carbocycles. The van der Waals surface area contributed by atoms with Crippen molar-refractivity contribution < 1.29 is 9.59 Å². The molecule has 5 nitrogen and oxygen atoms in total. The number of hydrogen-bond acceptors (Lipinski definition) is 5. The molecule has 0 aromatic rings. The fraction of sp³-hybridized carbons (Fsp3) is 0.810. The van der Waals surface area contributed by atoms with Gasteiger partial charge in [-0.15, -0.1) is 0 Å². The van der Waals surface area contributed by atoms with Crippen LogP contribution in [0.3, 0.4) is 0 Å². The number of nitrogens with zero attached hydrogens (tertiary/aromatic N) is 1. The smallest absolute Gasteiger partial charge is 0.167 e. The van der Waals surface area contributed by atoms with Gasteiger partial charge in [-0.25, -0.2) is 0 Å². The Kier molecular flexibility index (Phi) is 7.17. The molecule has 0 saturated carbocycles. The fourth-order valence-electron chi connectivity index (χ4n) is 4.32. The standard InChI is InChI=1S/C21H37N3O2/c1-16(2)19(26)20(5)10-8-6-7-9-12-24-13-11-21(15-24,23-17(3)4)18(25)14-22-20/h7,9,16-17,22-23H,6,8,10-15H2,1-5H3/b9-7+/t20-,21-/m1/s1. The van der Waals surface area contributed by atoms with Crippen LogP contribution in [-0.4, -0.2) is 59.8 Å². The number of rotatable bonds is 4. The lowest BCUT2D eigenvalue weighted by molar-refractivity contribution is -0.129. The molecule has 26 heavy (non-hydrogen) atoms. The highest BCUT2D eigenvalue weighted by Gasteiger charge is 2.45. The molecule has 2 aliphatic heterocycles. The molecule has 1 fully saturated rings. The van der Waals surface area contributed by atoms with Gasteiger partial charge < -0.3 is 5.32 Å². The molecular formula is C21H37N3O2. The number of fused-ring (bicyclic) bond motifs is 2. The van der Waals surface area contributed by atoms with E-state index in [0.29, 0.717) is 0 Å². The first-order valence-corrected chi connectivity index (χ1v) is 10.2. The largest absolute Gasteiger partial charge is 0.302 e. The average Bonchev–Trinajstić information content (AvgIpc) is 2.98. The first-order chi connectivity index (χ1) is 12.2. The predicted octanol–water partition coefficient (Wildman–Crippen LogP) is 2.31. The SMILES string of the molecule is CC(C)N[C@@]12CCN(C/C=C/CCC[C@](C)(C(=O)C(C)C)NCC1=O)C2. The monoisotopic (exact) mass is 363 g/mol. The third-order valence-electron chi connectivity index (χ3n) is 5.73. The van der Waals surface area contributed by atoms with Crippen molar-refractivity contribution in [3.63, 3.8) is 0 Å². The van der Waals surface area contributed by atoms with Crippen LogP contribution in [0.25, 0.3) is 0 Å². The quantitative estimate of drug-likeness (QED) is 0.751. The predicted molar refractivity (Wildman–Crippen MR) is 106 cm³/mol. The van der Waals surface area contributed by atoms with Crippen LogP contribution in [0.4, 0.5) is 0 Å². The average molecular weight is 364 g/mol. The summed E-state index contributed by atoms with van der Waals surface area (Å²) in [7, 11) is 0. The second-order valence-corrected chi connectivity index (χ2v) is 8.86. The van der Waals surface area contributed by atoms with Crippen LogP contribution >= 0.6 is 0 Å². The molecule has 0 aromatic heterocycles. The second kappa shape index (κ2) is 8.77. The van der Waals surface area contributed by atoms with Crippen LogP contribution in [0.15, 0.2) is 12.2 Å². The second-order valence-electron chi connectivity index (χ2n) is 8.86. The molecule has 0 amide bonds. The van der Waals surface area contributed by atoms with Crippen molar-refractivity contribution >= 4 is 11.6 Å². The van der Waals surface area contributed by atoms with Crippen LogP contribution in [-0.2, 0) is 9.59 Å². The molecule has 1 unspecified atom stereocenters. The number of nitrogens with one attached hydrogen (secondary N) is 2. The number of carbonyl (C=O) groups excluding carboxylic acids is 2. The van der Waals surface area contributed by atoms with E-state index in [1.54, 1.807) is 0 Å². The van der Waals surface area contributed by atoms with E-state index in [-0.39, 0.29) is 30.1 Å². The summed E-state index contributed by atoms with van der Waals surface area (Å²) in [4.78, 5) is 28.4. The zero-order valence-electron chi connectivity index (χ0n) is 17.2.